The van der Waals surface area contributed by atoms with Gasteiger partial charge in [-0.1, -0.05) is 125 Å². The monoisotopic (exact) mass is 971 g/mol. The van der Waals surface area contributed by atoms with Gasteiger partial charge in [-0.05, 0) is 172 Å². The molecule has 1 unspecified atom stereocenters. The summed E-state index contributed by atoms with van der Waals surface area (Å²) in [5.41, 5.74) is 4.43. The van der Waals surface area contributed by atoms with Crippen LogP contribution in [0.3, 0.4) is 0 Å². The highest BCUT2D eigenvalue weighted by Gasteiger charge is 2.81. The van der Waals surface area contributed by atoms with Crippen molar-refractivity contribution in [3.63, 3.8) is 0 Å². The zero-order valence-corrected chi connectivity index (χ0v) is 46.0. The van der Waals surface area contributed by atoms with E-state index in [0.29, 0.717) is 43.5 Å². The summed E-state index contributed by atoms with van der Waals surface area (Å²) in [5.74, 6) is 1.00. The van der Waals surface area contributed by atoms with E-state index in [-0.39, 0.29) is 50.6 Å². The molecule has 10 aliphatic rings. The SMILES string of the molecule is C=C(CC[C@@H](OC=O)[C@H]1[C@H](O)C[C@@]2(C)C34CC[C@@]5(OO3)C(C)(C)[C@@H](O)CC[C@]5(C)C4=CC[C@]12C)C(C)C.CC(C)=CCC[C@@H](OC=O)[C@H]1CC[C@@]2(C)C3=CC[C@H]4C(C)(C)[C@@H](O)CC[C@]4(C)C3=CC[C@]12C. The largest absolute Gasteiger partial charge is 0.464 e. The minimum absolute atomic E-state index is 0.0174. The summed E-state index contributed by atoms with van der Waals surface area (Å²) in [6, 6.07) is 0. The van der Waals surface area contributed by atoms with Gasteiger partial charge in [0.2, 0.25) is 0 Å². The van der Waals surface area contributed by atoms with Crippen LogP contribution in [0, 0.1) is 67.0 Å². The van der Waals surface area contributed by atoms with Crippen LogP contribution >= 0.6 is 0 Å². The lowest BCUT2D eigenvalue weighted by molar-refractivity contribution is -0.522. The van der Waals surface area contributed by atoms with E-state index in [0.717, 1.165) is 95.5 Å². The van der Waals surface area contributed by atoms with Gasteiger partial charge >= 0.3 is 0 Å². The summed E-state index contributed by atoms with van der Waals surface area (Å²) >= 11 is 0. The Hall–Kier alpha value is -2.56. The summed E-state index contributed by atoms with van der Waals surface area (Å²) in [6.45, 7) is 37.0. The maximum Gasteiger partial charge on any atom is 0.293 e. The maximum atomic E-state index is 11.7. The average Bonchev–Trinajstić information content (AvgIpc) is 3.70. The van der Waals surface area contributed by atoms with Crippen LogP contribution in [-0.2, 0) is 28.8 Å². The number of carbonyl (C=O) groups is 2. The molecule has 2 saturated heterocycles. The van der Waals surface area contributed by atoms with Crippen LogP contribution < -0.4 is 0 Å². The van der Waals surface area contributed by atoms with Gasteiger partial charge in [0.05, 0.1) is 18.3 Å². The van der Waals surface area contributed by atoms with Crippen molar-refractivity contribution in [2.75, 3.05) is 0 Å². The first kappa shape index (κ1) is 53.7. The summed E-state index contributed by atoms with van der Waals surface area (Å²) < 4.78 is 11.5. The number of carbonyl (C=O) groups excluding carboxylic acids is 2. The normalized spacial score (nSPS) is 45.5. The number of fused-ring (bicyclic) bond motifs is 8. The van der Waals surface area contributed by atoms with Crippen LogP contribution in [0.5, 0.6) is 0 Å². The molecule has 16 atom stereocenters. The molecule has 10 rings (SSSR count). The van der Waals surface area contributed by atoms with E-state index in [2.05, 4.69) is 128 Å². The molecule has 5 saturated carbocycles. The van der Waals surface area contributed by atoms with E-state index in [9.17, 15) is 24.9 Å². The predicted octanol–water partition coefficient (Wildman–Crippen LogP) is 12.8. The Labute approximate surface area is 422 Å². The third-order valence-corrected chi connectivity index (χ3v) is 23.7. The van der Waals surface area contributed by atoms with E-state index in [4.69, 9.17) is 19.2 Å². The van der Waals surface area contributed by atoms with Crippen molar-refractivity contribution in [2.45, 2.75) is 241 Å². The highest BCUT2D eigenvalue weighted by atomic mass is 17.2. The van der Waals surface area contributed by atoms with Crippen LogP contribution in [-0.4, -0.2) is 70.0 Å². The molecular weight excluding hydrogens is 877 g/mol. The van der Waals surface area contributed by atoms with E-state index in [1.54, 1.807) is 11.1 Å². The molecule has 392 valence electrons. The van der Waals surface area contributed by atoms with Crippen LogP contribution in [0.15, 0.2) is 58.7 Å². The van der Waals surface area contributed by atoms with E-state index in [1.165, 1.54) is 11.1 Å². The summed E-state index contributed by atoms with van der Waals surface area (Å²) in [5, 5.41) is 33.5. The molecule has 2 spiro atoms. The third-order valence-electron chi connectivity index (χ3n) is 23.7. The fourth-order valence-electron chi connectivity index (χ4n) is 18.5. The Morgan fingerprint density at radius 1 is 0.757 bits per heavy atom. The minimum atomic E-state index is -0.655. The molecule has 0 radical (unpaired) electrons. The fraction of sp³-hybridized carbons (Fsp3) is 0.803. The number of aliphatic hydroxyl groups is 3. The molecule has 2 bridgehead atoms. The Balaban J connectivity index is 0.000000190. The Bertz CT molecular complexity index is 2170. The summed E-state index contributed by atoms with van der Waals surface area (Å²) in [6.07, 6.45) is 22.2. The van der Waals surface area contributed by atoms with Crippen LogP contribution in [0.25, 0.3) is 0 Å². The topological polar surface area (TPSA) is 132 Å². The lowest BCUT2D eigenvalue weighted by Gasteiger charge is -2.74. The standard InChI is InChI=1S/C31H48O6.C30H46O3/c1-19(2)20(3)9-10-22(35-18-32)25-21(33)17-29(8)28(25,7)13-11-23-27(6)14-12-24(34)26(4,5)31(27)16-15-30(23,29)36-37-31;1-20(2)9-8-10-24(33-19-31)23-14-18-29(6)22-11-12-25-27(3,4)26(32)15-16-28(25,5)21(22)13-17-30(23,29)7/h11,18-19,21-22,24-25,33-34H,3,9-10,12-17H2,1-2,4-8H3;9,11,13,19,23-26,32H,8,10,12,14-18H2,1-7H3/t21-,22-,24+,25-,27-,28-,29-,30?,31-;23-,24-,25+,26+,28-,29+,30-/m11/s1. The third kappa shape index (κ3) is 7.26. The summed E-state index contributed by atoms with van der Waals surface area (Å²) in [7, 11) is 0. The van der Waals surface area contributed by atoms with Gasteiger partial charge in [0.15, 0.2) is 0 Å². The van der Waals surface area contributed by atoms with Gasteiger partial charge in [-0.3, -0.25) is 9.59 Å². The first-order chi connectivity index (χ1) is 32.6. The first-order valence-electron chi connectivity index (χ1n) is 27.6. The van der Waals surface area contributed by atoms with Crippen molar-refractivity contribution in [1.82, 2.24) is 0 Å². The number of aliphatic hydroxyl groups excluding tert-OH is 3. The molecule has 2 aliphatic heterocycles. The number of allylic oxidation sites excluding steroid dienone is 8. The molecule has 70 heavy (non-hydrogen) atoms. The van der Waals surface area contributed by atoms with Crippen molar-refractivity contribution in [3.8, 4) is 0 Å². The van der Waals surface area contributed by atoms with E-state index >= 15 is 0 Å². The molecule has 0 amide bonds. The second-order valence-electron chi connectivity index (χ2n) is 27.5. The second kappa shape index (κ2) is 18.1. The number of ether oxygens (including phenoxy) is 2. The molecule has 3 N–H and O–H groups in total. The smallest absolute Gasteiger partial charge is 0.293 e. The van der Waals surface area contributed by atoms with E-state index in [1.807, 2.05) is 0 Å². The van der Waals surface area contributed by atoms with Gasteiger partial charge in [-0.2, -0.15) is 0 Å². The Kier molecular flexibility index (Phi) is 13.9. The number of hydrogen-bond donors (Lipinski definition) is 3. The van der Waals surface area contributed by atoms with Crippen LogP contribution in [0.2, 0.25) is 0 Å². The molecule has 0 aromatic carbocycles. The zero-order valence-electron chi connectivity index (χ0n) is 46.0. The molecule has 9 heteroatoms. The number of hydrogen-bond acceptors (Lipinski definition) is 9. The van der Waals surface area contributed by atoms with Gasteiger partial charge < -0.3 is 24.8 Å². The summed E-state index contributed by atoms with van der Waals surface area (Å²) in [4.78, 5) is 36.2. The zero-order chi connectivity index (χ0) is 51.5. The molecule has 2 heterocycles. The second-order valence-corrected chi connectivity index (χ2v) is 27.5. The molecule has 0 aromatic rings. The maximum absolute atomic E-state index is 11.7. The van der Waals surface area contributed by atoms with Crippen molar-refractivity contribution in [3.05, 3.63) is 58.7 Å². The lowest BCUT2D eigenvalue weighted by atomic mass is 9.37. The molecular formula is C61H94O9. The first-order valence-corrected chi connectivity index (χ1v) is 27.6. The van der Waals surface area contributed by atoms with Crippen LogP contribution in [0.4, 0.5) is 0 Å². The molecule has 0 aromatic heterocycles. The Morgan fingerprint density at radius 2 is 1.40 bits per heavy atom. The highest BCUT2D eigenvalue weighted by molar-refractivity contribution is 5.50. The predicted molar refractivity (Wildman–Crippen MR) is 276 cm³/mol. The average molecular weight is 971 g/mol. The van der Waals surface area contributed by atoms with Gasteiger partial charge in [0.1, 0.15) is 23.4 Å². The molecule has 8 aliphatic carbocycles. The Morgan fingerprint density at radius 3 is 2.03 bits per heavy atom. The van der Waals surface area contributed by atoms with Gasteiger partial charge in [0.25, 0.3) is 12.9 Å². The molecule has 7 fully saturated rings. The van der Waals surface area contributed by atoms with Crippen molar-refractivity contribution < 1.29 is 44.2 Å². The van der Waals surface area contributed by atoms with Gasteiger partial charge in [-0.25, -0.2) is 9.78 Å². The van der Waals surface area contributed by atoms with Gasteiger partial charge in [0, 0.05) is 28.1 Å². The molecule has 9 nitrogen and oxygen atoms in total. The number of rotatable bonds is 13. The fourth-order valence-corrected chi connectivity index (χ4v) is 18.5. The highest BCUT2D eigenvalue weighted by Crippen LogP contribution is 2.79. The van der Waals surface area contributed by atoms with Crippen molar-refractivity contribution >= 4 is 12.9 Å². The van der Waals surface area contributed by atoms with Gasteiger partial charge in [-0.15, -0.1) is 0 Å². The van der Waals surface area contributed by atoms with E-state index < -0.39 is 40.3 Å². The minimum Gasteiger partial charge on any atom is -0.464 e. The lowest BCUT2D eigenvalue weighted by Crippen LogP contribution is -2.78. The van der Waals surface area contributed by atoms with Crippen molar-refractivity contribution in [1.29, 1.82) is 0 Å². The quantitative estimate of drug-likeness (QED) is 0.0938. The van der Waals surface area contributed by atoms with Crippen molar-refractivity contribution in [2.24, 2.45) is 67.0 Å². The van der Waals surface area contributed by atoms with Crippen LogP contribution in [0.1, 0.15) is 200 Å².